The maximum absolute atomic E-state index is 12.6. The van der Waals surface area contributed by atoms with Crippen molar-refractivity contribution < 1.29 is 22.7 Å². The Labute approximate surface area is 163 Å². The summed E-state index contributed by atoms with van der Waals surface area (Å²) in [5.74, 6) is -1.10. The zero-order chi connectivity index (χ0) is 20.5. The molecule has 3 aromatic rings. The molecule has 0 fully saturated rings. The van der Waals surface area contributed by atoms with E-state index < -0.39 is 22.6 Å². The van der Waals surface area contributed by atoms with E-state index in [1.165, 1.54) is 38.4 Å². The van der Waals surface area contributed by atoms with Crippen LogP contribution in [0.4, 0.5) is 0 Å². The molecule has 1 aromatic heterocycles. The van der Waals surface area contributed by atoms with Crippen molar-refractivity contribution in [3.63, 3.8) is 0 Å². The average molecular weight is 400 g/mol. The molecule has 0 unspecified atom stereocenters. The maximum atomic E-state index is 12.6. The van der Waals surface area contributed by atoms with Crippen LogP contribution in [0.5, 0.6) is 0 Å². The Morgan fingerprint density at radius 2 is 1.79 bits per heavy atom. The van der Waals surface area contributed by atoms with Crippen LogP contribution in [0.15, 0.2) is 53.4 Å². The van der Waals surface area contributed by atoms with Crippen LogP contribution in [-0.2, 0) is 14.8 Å². The third-order valence-corrected chi connectivity index (χ3v) is 6.17. The lowest BCUT2D eigenvalue weighted by Gasteiger charge is -2.12. The van der Waals surface area contributed by atoms with E-state index in [0.29, 0.717) is 11.3 Å². The lowest BCUT2D eigenvalue weighted by atomic mass is 10.1. The molecular weight excluding hydrogens is 380 g/mol. The van der Waals surface area contributed by atoms with Gasteiger partial charge in [0.25, 0.3) is 0 Å². The minimum absolute atomic E-state index is 0.0225. The quantitative estimate of drug-likeness (QED) is 0.507. The number of benzene rings is 2. The number of nitrogens with zero attached hydrogens (tertiary/aromatic N) is 1. The molecule has 0 aliphatic heterocycles. The van der Waals surface area contributed by atoms with Crippen molar-refractivity contribution >= 4 is 32.7 Å². The number of nitrogens with one attached hydrogen (secondary N) is 1. The molecule has 8 heteroatoms. The molecular formula is C20H20N2O5S. The van der Waals surface area contributed by atoms with Crippen molar-refractivity contribution in [3.05, 3.63) is 65.4 Å². The number of para-hydroxylation sites is 1. The Bertz CT molecular complexity index is 1160. The lowest BCUT2D eigenvalue weighted by Crippen LogP contribution is -2.22. The normalized spacial score (nSPS) is 11.7. The van der Waals surface area contributed by atoms with E-state index in [1.54, 1.807) is 6.92 Å². The van der Waals surface area contributed by atoms with E-state index in [0.717, 1.165) is 15.2 Å². The number of Topliss-reactive ketones (excluding diaryl/α,β-unsaturated/α-hetero) is 1. The first kappa shape index (κ1) is 19.8. The van der Waals surface area contributed by atoms with Crippen LogP contribution in [0.2, 0.25) is 0 Å². The van der Waals surface area contributed by atoms with Gasteiger partial charge in [-0.15, -0.1) is 0 Å². The molecule has 0 spiro atoms. The van der Waals surface area contributed by atoms with Crippen LogP contribution in [0.1, 0.15) is 26.4 Å². The fourth-order valence-electron chi connectivity index (χ4n) is 2.92. The first-order valence-electron chi connectivity index (χ1n) is 8.52. The van der Waals surface area contributed by atoms with Gasteiger partial charge in [-0.2, -0.15) is 0 Å². The largest absolute Gasteiger partial charge is 0.454 e. The molecule has 0 atom stereocenters. The van der Waals surface area contributed by atoms with Gasteiger partial charge in [-0.3, -0.25) is 4.79 Å². The predicted octanol–water partition coefficient (Wildman–Crippen LogP) is 2.77. The number of fused-ring (bicyclic) bond motifs is 1. The number of aromatic amines is 1. The molecule has 2 aromatic carbocycles. The first-order valence-corrected chi connectivity index (χ1v) is 9.96. The number of esters is 1. The van der Waals surface area contributed by atoms with E-state index in [1.807, 2.05) is 24.3 Å². The average Bonchev–Trinajstić information content (AvgIpc) is 3.01. The van der Waals surface area contributed by atoms with Crippen LogP contribution in [0.3, 0.4) is 0 Å². The van der Waals surface area contributed by atoms with Gasteiger partial charge in [-0.1, -0.05) is 24.3 Å². The Morgan fingerprint density at radius 1 is 1.07 bits per heavy atom. The van der Waals surface area contributed by atoms with Crippen molar-refractivity contribution in [1.82, 2.24) is 9.29 Å². The highest BCUT2D eigenvalue weighted by Gasteiger charge is 2.21. The third-order valence-electron chi connectivity index (χ3n) is 4.36. The Hall–Kier alpha value is -2.97. The summed E-state index contributed by atoms with van der Waals surface area (Å²) in [4.78, 5) is 28.0. The summed E-state index contributed by atoms with van der Waals surface area (Å²) < 4.78 is 30.6. The molecule has 1 N–H and O–H groups in total. The van der Waals surface area contributed by atoms with Crippen molar-refractivity contribution in [1.29, 1.82) is 0 Å². The fourth-order valence-corrected chi connectivity index (χ4v) is 3.86. The highest BCUT2D eigenvalue weighted by molar-refractivity contribution is 7.89. The number of carbonyl (C=O) groups is 2. The number of H-pyrrole nitrogens is 1. The zero-order valence-electron chi connectivity index (χ0n) is 15.7. The van der Waals surface area contributed by atoms with Gasteiger partial charge in [0, 0.05) is 36.3 Å². The second kappa shape index (κ2) is 7.57. The smallest absolute Gasteiger partial charge is 0.338 e. The molecule has 0 bridgehead atoms. The standard InChI is InChI=1S/C20H20N2O5S/c1-13-19(16-9-4-5-10-17(16)21-13)18(23)12-27-20(24)14-7-6-8-15(11-14)28(25,26)22(2)3/h4-11,21H,12H2,1-3H3. The van der Waals surface area contributed by atoms with E-state index in [-0.39, 0.29) is 16.2 Å². The Morgan fingerprint density at radius 3 is 2.50 bits per heavy atom. The van der Waals surface area contributed by atoms with Gasteiger partial charge in [-0.25, -0.2) is 17.5 Å². The van der Waals surface area contributed by atoms with Gasteiger partial charge < -0.3 is 9.72 Å². The molecule has 0 aliphatic rings. The molecule has 0 aliphatic carbocycles. The van der Waals surface area contributed by atoms with E-state index in [9.17, 15) is 18.0 Å². The van der Waals surface area contributed by atoms with Gasteiger partial charge in [-0.05, 0) is 31.2 Å². The van der Waals surface area contributed by atoms with Gasteiger partial charge in [0.05, 0.1) is 10.5 Å². The minimum atomic E-state index is -3.68. The van der Waals surface area contributed by atoms with E-state index >= 15 is 0 Å². The summed E-state index contributed by atoms with van der Waals surface area (Å²) in [5.41, 5.74) is 2.07. The third kappa shape index (κ3) is 3.69. The number of ether oxygens (including phenoxy) is 1. The molecule has 0 radical (unpaired) electrons. The summed E-state index contributed by atoms with van der Waals surface area (Å²) in [7, 11) is -0.865. The Kier molecular flexibility index (Phi) is 5.35. The van der Waals surface area contributed by atoms with Gasteiger partial charge >= 0.3 is 5.97 Å². The summed E-state index contributed by atoms with van der Waals surface area (Å²) in [6.07, 6.45) is 0. The monoisotopic (exact) mass is 400 g/mol. The molecule has 3 rings (SSSR count). The number of aromatic nitrogens is 1. The summed E-state index contributed by atoms with van der Waals surface area (Å²) >= 11 is 0. The van der Waals surface area contributed by atoms with Gasteiger partial charge in [0.15, 0.2) is 6.61 Å². The summed E-state index contributed by atoms with van der Waals surface area (Å²) in [5, 5.41) is 0.764. The second-order valence-corrected chi connectivity index (χ2v) is 8.64. The molecule has 146 valence electrons. The highest BCUT2D eigenvalue weighted by Crippen LogP contribution is 2.22. The number of ketones is 1. The Balaban J connectivity index is 1.77. The lowest BCUT2D eigenvalue weighted by molar-refractivity contribution is 0.0474. The molecule has 7 nitrogen and oxygen atoms in total. The predicted molar refractivity (Wildman–Crippen MR) is 105 cm³/mol. The highest BCUT2D eigenvalue weighted by atomic mass is 32.2. The second-order valence-electron chi connectivity index (χ2n) is 6.49. The number of hydrogen-bond acceptors (Lipinski definition) is 5. The number of hydrogen-bond donors (Lipinski definition) is 1. The number of sulfonamides is 1. The van der Waals surface area contributed by atoms with Crippen molar-refractivity contribution in [2.75, 3.05) is 20.7 Å². The number of rotatable bonds is 6. The number of aryl methyl sites for hydroxylation is 1. The first-order chi connectivity index (χ1) is 13.2. The van der Waals surface area contributed by atoms with Crippen LogP contribution < -0.4 is 0 Å². The maximum Gasteiger partial charge on any atom is 0.338 e. The summed E-state index contributed by atoms with van der Waals surface area (Å²) in [6.45, 7) is 1.34. The topological polar surface area (TPSA) is 96.5 Å². The zero-order valence-corrected chi connectivity index (χ0v) is 16.5. The van der Waals surface area contributed by atoms with E-state index in [4.69, 9.17) is 4.74 Å². The molecule has 0 amide bonds. The summed E-state index contributed by atoms with van der Waals surface area (Å²) in [6, 6.07) is 12.9. The van der Waals surface area contributed by atoms with Gasteiger partial charge in [0.1, 0.15) is 0 Å². The van der Waals surface area contributed by atoms with Crippen molar-refractivity contribution in [2.24, 2.45) is 0 Å². The van der Waals surface area contributed by atoms with Crippen molar-refractivity contribution in [3.8, 4) is 0 Å². The van der Waals surface area contributed by atoms with E-state index in [2.05, 4.69) is 4.98 Å². The molecule has 28 heavy (non-hydrogen) atoms. The van der Waals surface area contributed by atoms with Crippen LogP contribution in [0.25, 0.3) is 10.9 Å². The molecule has 0 saturated heterocycles. The van der Waals surface area contributed by atoms with Gasteiger partial charge in [0.2, 0.25) is 15.8 Å². The fraction of sp³-hybridized carbons (Fsp3) is 0.200. The van der Waals surface area contributed by atoms with Crippen LogP contribution >= 0.6 is 0 Å². The number of carbonyl (C=O) groups excluding carboxylic acids is 2. The molecule has 1 heterocycles. The van der Waals surface area contributed by atoms with Crippen LogP contribution in [-0.4, -0.2) is 50.2 Å². The molecule has 0 saturated carbocycles. The van der Waals surface area contributed by atoms with Crippen LogP contribution in [0, 0.1) is 6.92 Å². The van der Waals surface area contributed by atoms with Crippen molar-refractivity contribution in [2.45, 2.75) is 11.8 Å². The SMILES string of the molecule is Cc1[nH]c2ccccc2c1C(=O)COC(=O)c1cccc(S(=O)(=O)N(C)C)c1. The minimum Gasteiger partial charge on any atom is -0.454 e.